The minimum atomic E-state index is -0.544. The molecule has 1 aromatic carbocycles. The number of carbonyl (C=O) groups is 1. The van der Waals surface area contributed by atoms with E-state index < -0.39 is 5.54 Å². The number of alkyl halides is 1. The van der Waals surface area contributed by atoms with E-state index in [0.717, 1.165) is 12.8 Å². The van der Waals surface area contributed by atoms with Gasteiger partial charge in [0, 0.05) is 22.9 Å². The number of hydrogen-bond donors (Lipinski definition) is 1. The Balaban J connectivity index is 2.18. The second-order valence-electron chi connectivity index (χ2n) is 4.19. The molecule has 0 saturated heterocycles. The Kier molecular flexibility index (Phi) is 3.59. The van der Waals surface area contributed by atoms with Gasteiger partial charge in [0.25, 0.3) is 0 Å². The lowest BCUT2D eigenvalue weighted by molar-refractivity contribution is -0.121. The van der Waals surface area contributed by atoms with Crippen LogP contribution in [0.25, 0.3) is 0 Å². The fraction of sp³-hybridized carbons (Fsp3) is 0.417. The molecule has 0 spiro atoms. The molecule has 1 amide bonds. The SMILES string of the molecule is O=C(CCCl)NC1(c2ccc(Cl)cc2F)CC1. The van der Waals surface area contributed by atoms with Crippen molar-refractivity contribution in [2.75, 3.05) is 5.88 Å². The number of rotatable bonds is 4. The van der Waals surface area contributed by atoms with E-state index in [9.17, 15) is 9.18 Å². The van der Waals surface area contributed by atoms with Gasteiger partial charge >= 0.3 is 0 Å². The molecule has 0 unspecified atom stereocenters. The summed E-state index contributed by atoms with van der Waals surface area (Å²) in [5, 5.41) is 3.19. The molecule has 1 N–H and O–H groups in total. The van der Waals surface area contributed by atoms with E-state index in [1.807, 2.05) is 0 Å². The smallest absolute Gasteiger partial charge is 0.221 e. The molecule has 0 atom stereocenters. The van der Waals surface area contributed by atoms with Crippen molar-refractivity contribution in [3.05, 3.63) is 34.6 Å². The summed E-state index contributed by atoms with van der Waals surface area (Å²) in [4.78, 5) is 11.5. The van der Waals surface area contributed by atoms with Crippen molar-refractivity contribution in [1.82, 2.24) is 5.32 Å². The normalized spacial score (nSPS) is 16.6. The monoisotopic (exact) mass is 275 g/mol. The first-order valence-corrected chi connectivity index (χ1v) is 6.31. The zero-order chi connectivity index (χ0) is 12.5. The molecular formula is C12H12Cl2FNO. The molecule has 1 aliphatic carbocycles. The second kappa shape index (κ2) is 4.83. The zero-order valence-electron chi connectivity index (χ0n) is 9.10. The highest BCUT2D eigenvalue weighted by molar-refractivity contribution is 6.30. The molecule has 0 aliphatic heterocycles. The molecule has 0 bridgehead atoms. The van der Waals surface area contributed by atoms with Crippen LogP contribution in [0.15, 0.2) is 18.2 Å². The lowest BCUT2D eigenvalue weighted by Gasteiger charge is -2.18. The van der Waals surface area contributed by atoms with Gasteiger partial charge in [-0.25, -0.2) is 4.39 Å². The summed E-state index contributed by atoms with van der Waals surface area (Å²) in [7, 11) is 0. The molecule has 1 saturated carbocycles. The van der Waals surface area contributed by atoms with Gasteiger partial charge in [0.05, 0.1) is 5.54 Å². The Labute approximate surface area is 109 Å². The van der Waals surface area contributed by atoms with Crippen molar-refractivity contribution in [2.24, 2.45) is 0 Å². The Morgan fingerprint density at radius 1 is 1.47 bits per heavy atom. The van der Waals surface area contributed by atoms with Gasteiger partial charge in [-0.1, -0.05) is 17.7 Å². The Hall–Kier alpha value is -0.800. The summed E-state index contributed by atoms with van der Waals surface area (Å²) >= 11 is 11.2. The fourth-order valence-electron chi connectivity index (χ4n) is 1.88. The molecule has 17 heavy (non-hydrogen) atoms. The summed E-state index contributed by atoms with van der Waals surface area (Å²) in [5.74, 6) is -0.251. The molecule has 1 aromatic rings. The molecule has 2 nitrogen and oxygen atoms in total. The molecule has 2 rings (SSSR count). The van der Waals surface area contributed by atoms with Crippen molar-refractivity contribution in [1.29, 1.82) is 0 Å². The summed E-state index contributed by atoms with van der Waals surface area (Å²) in [6.07, 6.45) is 1.75. The number of carbonyl (C=O) groups excluding carboxylic acids is 1. The molecule has 0 radical (unpaired) electrons. The van der Waals surface area contributed by atoms with Crippen LogP contribution in [-0.2, 0) is 10.3 Å². The number of halogens is 3. The fourth-order valence-corrected chi connectivity index (χ4v) is 2.21. The first-order chi connectivity index (χ1) is 8.07. The molecule has 0 heterocycles. The van der Waals surface area contributed by atoms with E-state index in [4.69, 9.17) is 23.2 Å². The van der Waals surface area contributed by atoms with Gasteiger partial charge in [-0.2, -0.15) is 0 Å². The third kappa shape index (κ3) is 2.72. The van der Waals surface area contributed by atoms with Gasteiger partial charge in [-0.05, 0) is 25.0 Å². The molecule has 1 aliphatic rings. The topological polar surface area (TPSA) is 29.1 Å². The highest BCUT2D eigenvalue weighted by Crippen LogP contribution is 2.46. The summed E-state index contributed by atoms with van der Waals surface area (Å²) in [6, 6.07) is 4.53. The van der Waals surface area contributed by atoms with Crippen molar-refractivity contribution in [3.63, 3.8) is 0 Å². The Morgan fingerprint density at radius 3 is 2.71 bits per heavy atom. The van der Waals surface area contributed by atoms with E-state index >= 15 is 0 Å². The van der Waals surface area contributed by atoms with Gasteiger partial charge in [-0.3, -0.25) is 4.79 Å². The maximum absolute atomic E-state index is 13.8. The third-order valence-electron chi connectivity index (χ3n) is 2.90. The average molecular weight is 276 g/mol. The number of hydrogen-bond acceptors (Lipinski definition) is 1. The van der Waals surface area contributed by atoms with Crippen LogP contribution in [0.4, 0.5) is 4.39 Å². The number of amides is 1. The summed E-state index contributed by atoms with van der Waals surface area (Å²) < 4.78 is 13.8. The highest BCUT2D eigenvalue weighted by atomic mass is 35.5. The second-order valence-corrected chi connectivity index (χ2v) is 5.01. The van der Waals surface area contributed by atoms with Crippen LogP contribution in [0.2, 0.25) is 5.02 Å². The van der Waals surface area contributed by atoms with E-state index in [-0.39, 0.29) is 24.0 Å². The molecule has 0 aromatic heterocycles. The van der Waals surface area contributed by atoms with Gasteiger partial charge in [0.1, 0.15) is 5.82 Å². The average Bonchev–Trinajstić information content (AvgIpc) is 2.98. The Morgan fingerprint density at radius 2 is 2.18 bits per heavy atom. The predicted octanol–water partition coefficient (Wildman–Crippen LogP) is 3.21. The van der Waals surface area contributed by atoms with Crippen molar-refractivity contribution in [2.45, 2.75) is 24.8 Å². The van der Waals surface area contributed by atoms with E-state index in [1.165, 1.54) is 6.07 Å². The molecule has 5 heteroatoms. The first-order valence-electron chi connectivity index (χ1n) is 5.40. The van der Waals surface area contributed by atoms with Crippen LogP contribution in [0.3, 0.4) is 0 Å². The maximum atomic E-state index is 13.8. The van der Waals surface area contributed by atoms with Gasteiger partial charge in [0.15, 0.2) is 0 Å². The zero-order valence-corrected chi connectivity index (χ0v) is 10.6. The van der Waals surface area contributed by atoms with E-state index in [1.54, 1.807) is 12.1 Å². The van der Waals surface area contributed by atoms with Gasteiger partial charge < -0.3 is 5.32 Å². The minimum Gasteiger partial charge on any atom is -0.346 e. The lowest BCUT2D eigenvalue weighted by Crippen LogP contribution is -2.35. The lowest BCUT2D eigenvalue weighted by atomic mass is 10.0. The summed E-state index contributed by atoms with van der Waals surface area (Å²) in [5.41, 5.74) is -0.0394. The maximum Gasteiger partial charge on any atom is 0.221 e. The van der Waals surface area contributed by atoms with Gasteiger partial charge in [-0.15, -0.1) is 11.6 Å². The van der Waals surface area contributed by atoms with Crippen LogP contribution in [0, 0.1) is 5.82 Å². The number of benzene rings is 1. The summed E-state index contributed by atoms with van der Waals surface area (Å²) in [6.45, 7) is 0. The van der Waals surface area contributed by atoms with Crippen LogP contribution < -0.4 is 5.32 Å². The minimum absolute atomic E-state index is 0.146. The largest absolute Gasteiger partial charge is 0.346 e. The van der Waals surface area contributed by atoms with Crippen LogP contribution in [0.1, 0.15) is 24.8 Å². The molecule has 1 fully saturated rings. The quantitative estimate of drug-likeness (QED) is 0.840. The standard InChI is InChI=1S/C12H12Cl2FNO/c13-6-3-11(17)16-12(4-5-12)9-2-1-8(14)7-10(9)15/h1-2,7H,3-6H2,(H,16,17). The van der Waals surface area contributed by atoms with Crippen molar-refractivity contribution in [3.8, 4) is 0 Å². The Bertz CT molecular complexity index is 446. The van der Waals surface area contributed by atoms with Crippen molar-refractivity contribution < 1.29 is 9.18 Å². The first kappa shape index (κ1) is 12.7. The van der Waals surface area contributed by atoms with Crippen LogP contribution >= 0.6 is 23.2 Å². The highest BCUT2D eigenvalue weighted by Gasteiger charge is 2.47. The van der Waals surface area contributed by atoms with Crippen LogP contribution in [0.5, 0.6) is 0 Å². The van der Waals surface area contributed by atoms with Crippen molar-refractivity contribution >= 4 is 29.1 Å². The van der Waals surface area contributed by atoms with Crippen LogP contribution in [-0.4, -0.2) is 11.8 Å². The molecule has 92 valence electrons. The van der Waals surface area contributed by atoms with Gasteiger partial charge in [0.2, 0.25) is 5.91 Å². The molecular weight excluding hydrogens is 264 g/mol. The third-order valence-corrected chi connectivity index (χ3v) is 3.32. The number of nitrogens with one attached hydrogen (secondary N) is 1. The predicted molar refractivity (Wildman–Crippen MR) is 65.8 cm³/mol. The van der Waals surface area contributed by atoms with E-state index in [2.05, 4.69) is 5.32 Å². The van der Waals surface area contributed by atoms with E-state index in [0.29, 0.717) is 10.6 Å².